The maximum Gasteiger partial charge on any atom is 0.264 e. The van der Waals surface area contributed by atoms with Crippen molar-refractivity contribution in [1.82, 2.24) is 19.2 Å². The molecule has 0 aliphatic heterocycles. The van der Waals surface area contributed by atoms with Crippen LogP contribution in [-0.4, -0.2) is 19.2 Å². The molecule has 6 nitrogen and oxygen atoms in total. The first-order chi connectivity index (χ1) is 15.0. The lowest BCUT2D eigenvalue weighted by Crippen LogP contribution is -2.25. The Morgan fingerprint density at radius 3 is 2.68 bits per heavy atom. The number of nitrogens with one attached hydrogen (secondary N) is 1. The Hall–Kier alpha value is -3.64. The molecule has 0 saturated carbocycles. The Bertz CT molecular complexity index is 1470. The van der Waals surface area contributed by atoms with E-state index in [1.807, 2.05) is 74.6 Å². The Morgan fingerprint density at radius 2 is 1.87 bits per heavy atom. The summed E-state index contributed by atoms with van der Waals surface area (Å²) in [5, 5.41) is 9.60. The quantitative estimate of drug-likeness (QED) is 0.428. The fraction of sp³-hybridized carbons (Fsp3) is 0.125. The molecule has 0 amide bonds. The average Bonchev–Trinajstić information content (AvgIpc) is 3.15. The lowest BCUT2D eigenvalue weighted by atomic mass is 10.1. The molecule has 0 fully saturated rings. The SMILES string of the molecule is Cc1cn2nccc(NC(C)c3cc4cccc(Cl)c4c(=O)n3-c3ccccc3)c2n1. The van der Waals surface area contributed by atoms with Gasteiger partial charge in [0, 0.05) is 11.4 Å². The van der Waals surface area contributed by atoms with Crippen LogP contribution in [0.25, 0.3) is 22.1 Å². The maximum absolute atomic E-state index is 13.6. The highest BCUT2D eigenvalue weighted by molar-refractivity contribution is 6.35. The minimum atomic E-state index is -0.195. The first-order valence-electron chi connectivity index (χ1n) is 10.00. The Morgan fingerprint density at radius 1 is 1.06 bits per heavy atom. The van der Waals surface area contributed by atoms with Crippen molar-refractivity contribution in [3.63, 3.8) is 0 Å². The molecule has 154 valence electrons. The van der Waals surface area contributed by atoms with Crippen LogP contribution >= 0.6 is 11.6 Å². The molecule has 7 heteroatoms. The highest BCUT2D eigenvalue weighted by atomic mass is 35.5. The van der Waals surface area contributed by atoms with Crippen LogP contribution < -0.4 is 10.9 Å². The number of fused-ring (bicyclic) bond motifs is 2. The van der Waals surface area contributed by atoms with E-state index in [1.54, 1.807) is 21.3 Å². The molecule has 2 aromatic carbocycles. The summed E-state index contributed by atoms with van der Waals surface area (Å²) in [7, 11) is 0. The molecule has 0 bridgehead atoms. The van der Waals surface area contributed by atoms with Gasteiger partial charge in [0.15, 0.2) is 5.65 Å². The van der Waals surface area contributed by atoms with Crippen molar-refractivity contribution in [2.75, 3.05) is 5.32 Å². The van der Waals surface area contributed by atoms with Crippen LogP contribution in [-0.2, 0) is 0 Å². The summed E-state index contributed by atoms with van der Waals surface area (Å²) >= 11 is 6.40. The van der Waals surface area contributed by atoms with Gasteiger partial charge in [0.2, 0.25) is 0 Å². The lowest BCUT2D eigenvalue weighted by molar-refractivity contribution is 0.776. The van der Waals surface area contributed by atoms with E-state index in [0.29, 0.717) is 10.4 Å². The van der Waals surface area contributed by atoms with Crippen molar-refractivity contribution in [2.24, 2.45) is 0 Å². The molecular formula is C24H20ClN5O. The van der Waals surface area contributed by atoms with Crippen LogP contribution in [0.3, 0.4) is 0 Å². The summed E-state index contributed by atoms with van der Waals surface area (Å²) in [4.78, 5) is 18.1. The monoisotopic (exact) mass is 429 g/mol. The van der Waals surface area contributed by atoms with Gasteiger partial charge in [-0.25, -0.2) is 9.50 Å². The topological polar surface area (TPSA) is 64.2 Å². The second-order valence-electron chi connectivity index (χ2n) is 7.51. The van der Waals surface area contributed by atoms with Crippen LogP contribution in [0.5, 0.6) is 0 Å². The predicted molar refractivity (Wildman–Crippen MR) is 124 cm³/mol. The Balaban J connectivity index is 1.70. The number of nitrogens with zero attached hydrogens (tertiary/aromatic N) is 4. The van der Waals surface area contributed by atoms with Crippen LogP contribution in [0.2, 0.25) is 5.02 Å². The van der Waals surface area contributed by atoms with Crippen LogP contribution in [0.4, 0.5) is 5.69 Å². The van der Waals surface area contributed by atoms with Gasteiger partial charge in [-0.05, 0) is 49.6 Å². The van der Waals surface area contributed by atoms with Gasteiger partial charge in [0.1, 0.15) is 0 Å². The molecule has 0 aliphatic carbocycles. The van der Waals surface area contributed by atoms with Gasteiger partial charge in [-0.3, -0.25) is 9.36 Å². The zero-order chi connectivity index (χ0) is 21.5. The standard InChI is InChI=1S/C24H20ClN5O/c1-15-14-29-23(27-15)20(11-12-26-29)28-16(2)21-13-17-7-6-10-19(25)22(17)24(31)30(21)18-8-4-3-5-9-18/h3-14,16,28H,1-2H3. The summed E-state index contributed by atoms with van der Waals surface area (Å²) in [6.07, 6.45) is 3.61. The van der Waals surface area contributed by atoms with Crippen molar-refractivity contribution in [3.05, 3.63) is 99.8 Å². The van der Waals surface area contributed by atoms with Gasteiger partial charge in [-0.1, -0.05) is 41.9 Å². The highest BCUT2D eigenvalue weighted by Gasteiger charge is 2.18. The van der Waals surface area contributed by atoms with Gasteiger partial charge in [0.05, 0.1) is 40.2 Å². The lowest BCUT2D eigenvalue weighted by Gasteiger charge is -2.22. The van der Waals surface area contributed by atoms with Crippen molar-refractivity contribution in [2.45, 2.75) is 19.9 Å². The van der Waals surface area contributed by atoms with E-state index >= 15 is 0 Å². The summed E-state index contributed by atoms with van der Waals surface area (Å²) in [5.41, 5.74) is 3.93. The van der Waals surface area contributed by atoms with E-state index in [4.69, 9.17) is 11.6 Å². The number of imidazole rings is 1. The number of pyridine rings is 1. The molecule has 0 saturated heterocycles. The smallest absolute Gasteiger partial charge is 0.264 e. The van der Waals surface area contributed by atoms with E-state index < -0.39 is 0 Å². The molecule has 0 spiro atoms. The fourth-order valence-corrected chi connectivity index (χ4v) is 4.20. The number of aryl methyl sites for hydroxylation is 1. The molecule has 31 heavy (non-hydrogen) atoms. The molecule has 1 atom stereocenters. The van der Waals surface area contributed by atoms with Crippen molar-refractivity contribution in [3.8, 4) is 5.69 Å². The largest absolute Gasteiger partial charge is 0.374 e. The van der Waals surface area contributed by atoms with Gasteiger partial charge in [-0.2, -0.15) is 5.10 Å². The highest BCUT2D eigenvalue weighted by Crippen LogP contribution is 2.28. The van der Waals surface area contributed by atoms with Gasteiger partial charge >= 0.3 is 0 Å². The Kier molecular flexibility index (Phi) is 4.71. The van der Waals surface area contributed by atoms with Gasteiger partial charge in [-0.15, -0.1) is 0 Å². The minimum Gasteiger partial charge on any atom is -0.374 e. The Labute approximate surface area is 183 Å². The number of halogens is 1. The first kappa shape index (κ1) is 19.3. The predicted octanol–water partition coefficient (Wildman–Crippen LogP) is 5.17. The summed E-state index contributed by atoms with van der Waals surface area (Å²) < 4.78 is 3.47. The van der Waals surface area contributed by atoms with Crippen LogP contribution in [0, 0.1) is 6.92 Å². The number of hydrogen-bond donors (Lipinski definition) is 1. The van der Waals surface area contributed by atoms with Crippen LogP contribution in [0.1, 0.15) is 24.4 Å². The third-order valence-electron chi connectivity index (χ3n) is 5.34. The first-order valence-corrected chi connectivity index (χ1v) is 10.4. The molecule has 3 aromatic heterocycles. The van der Waals surface area contributed by atoms with E-state index in [9.17, 15) is 4.79 Å². The third-order valence-corrected chi connectivity index (χ3v) is 5.65. The number of para-hydroxylation sites is 1. The molecule has 0 aliphatic rings. The maximum atomic E-state index is 13.6. The number of benzene rings is 2. The molecule has 3 heterocycles. The molecule has 1 unspecified atom stereocenters. The second kappa shape index (κ2) is 7.56. The van der Waals surface area contributed by atoms with Gasteiger partial charge < -0.3 is 5.32 Å². The number of rotatable bonds is 4. The molecule has 1 N–H and O–H groups in total. The molecule has 0 radical (unpaired) electrons. The normalized spacial score (nSPS) is 12.4. The second-order valence-corrected chi connectivity index (χ2v) is 7.92. The van der Waals surface area contributed by atoms with E-state index in [2.05, 4.69) is 15.4 Å². The van der Waals surface area contributed by atoms with Gasteiger partial charge in [0.25, 0.3) is 5.56 Å². The van der Waals surface area contributed by atoms with Crippen molar-refractivity contribution in [1.29, 1.82) is 0 Å². The third kappa shape index (κ3) is 3.35. The van der Waals surface area contributed by atoms with Crippen LogP contribution in [0.15, 0.2) is 77.9 Å². The summed E-state index contributed by atoms with van der Waals surface area (Å²) in [5.74, 6) is 0. The number of anilines is 1. The summed E-state index contributed by atoms with van der Waals surface area (Å²) in [6.45, 7) is 3.96. The van der Waals surface area contributed by atoms with Crippen molar-refractivity contribution < 1.29 is 0 Å². The number of aromatic nitrogens is 4. The fourth-order valence-electron chi connectivity index (χ4n) is 3.93. The average molecular weight is 430 g/mol. The molecule has 5 rings (SSSR count). The zero-order valence-corrected chi connectivity index (χ0v) is 17.8. The van der Waals surface area contributed by atoms with E-state index in [0.717, 1.165) is 33.8 Å². The summed E-state index contributed by atoms with van der Waals surface area (Å²) in [6, 6.07) is 18.8. The zero-order valence-electron chi connectivity index (χ0n) is 17.1. The number of hydrogen-bond acceptors (Lipinski definition) is 4. The molecule has 5 aromatic rings. The van der Waals surface area contributed by atoms with E-state index in [-0.39, 0.29) is 11.6 Å². The minimum absolute atomic E-state index is 0.144. The molecular weight excluding hydrogens is 410 g/mol. The van der Waals surface area contributed by atoms with E-state index in [1.165, 1.54) is 0 Å². The van der Waals surface area contributed by atoms with Crippen molar-refractivity contribution >= 4 is 33.7 Å².